The molecule has 3 fully saturated rings. The van der Waals surface area contributed by atoms with Crippen LogP contribution in [0.1, 0.15) is 31.7 Å². The van der Waals surface area contributed by atoms with Gasteiger partial charge >= 0.3 is 0 Å². The van der Waals surface area contributed by atoms with Crippen molar-refractivity contribution in [2.75, 3.05) is 25.0 Å². The predicted molar refractivity (Wildman–Crippen MR) is 89.8 cm³/mol. The van der Waals surface area contributed by atoms with Crippen LogP contribution in [-0.2, 0) is 5.41 Å². The Hall–Kier alpha value is -1.10. The summed E-state index contributed by atoms with van der Waals surface area (Å²) in [5.41, 5.74) is 2.49. The first-order chi connectivity index (χ1) is 11.1. The van der Waals surface area contributed by atoms with Crippen LogP contribution in [0.15, 0.2) is 24.3 Å². The molecule has 2 bridgehead atoms. The van der Waals surface area contributed by atoms with Crippen molar-refractivity contribution >= 4 is 5.69 Å². The van der Waals surface area contributed by atoms with Crippen LogP contribution in [0, 0.1) is 23.0 Å². The molecule has 4 nitrogen and oxygen atoms in total. The highest BCUT2D eigenvalue weighted by Gasteiger charge is 2.70. The van der Waals surface area contributed by atoms with Gasteiger partial charge in [0.15, 0.2) is 0 Å². The standard InChI is InChI=1S/C19H26N2O2/c1-2-12-10-21(23)8-7-19-15-5-3-4-6-16(15)20-18(19)14(11-22)13(12)9-17(19)21/h3-6,12-14,17-18,20,22H,2,7-11H2,1H3/t12-,13+,14+,17+,18+,19?,21?/m1/s1. The zero-order valence-electron chi connectivity index (χ0n) is 13.7. The van der Waals surface area contributed by atoms with Crippen LogP contribution in [0.5, 0.6) is 0 Å². The second-order valence-electron chi connectivity index (χ2n) is 8.25. The van der Waals surface area contributed by atoms with Gasteiger partial charge in [-0.1, -0.05) is 25.1 Å². The number of hydrogen-bond acceptors (Lipinski definition) is 3. The monoisotopic (exact) mass is 314 g/mol. The number of anilines is 1. The van der Waals surface area contributed by atoms with Gasteiger partial charge in [0.2, 0.25) is 0 Å². The molecule has 5 rings (SSSR count). The molecule has 2 N–H and O–H groups in total. The minimum Gasteiger partial charge on any atom is -0.633 e. The molecule has 1 aliphatic carbocycles. The number of para-hydroxylation sites is 1. The average Bonchev–Trinajstić information content (AvgIpc) is 3.08. The molecule has 0 aromatic heterocycles. The van der Waals surface area contributed by atoms with Gasteiger partial charge in [-0.05, 0) is 24.0 Å². The number of piperidine rings is 1. The molecule has 1 aromatic carbocycles. The highest BCUT2D eigenvalue weighted by Crippen LogP contribution is 2.63. The van der Waals surface area contributed by atoms with Crippen LogP contribution in [0.4, 0.5) is 5.69 Å². The molecule has 1 spiro atoms. The third kappa shape index (κ3) is 1.53. The molecular formula is C19H26N2O2. The highest BCUT2D eigenvalue weighted by atomic mass is 16.5. The lowest BCUT2D eigenvalue weighted by atomic mass is 9.54. The summed E-state index contributed by atoms with van der Waals surface area (Å²) in [4.78, 5) is 0. The van der Waals surface area contributed by atoms with Crippen molar-refractivity contribution in [2.45, 2.75) is 43.7 Å². The van der Waals surface area contributed by atoms with E-state index in [1.54, 1.807) is 0 Å². The van der Waals surface area contributed by atoms with E-state index in [1.165, 1.54) is 11.3 Å². The van der Waals surface area contributed by atoms with E-state index in [0.717, 1.165) is 32.4 Å². The first-order valence-corrected chi connectivity index (χ1v) is 9.18. The molecule has 2 saturated heterocycles. The summed E-state index contributed by atoms with van der Waals surface area (Å²) in [5.74, 6) is 1.23. The highest BCUT2D eigenvalue weighted by molar-refractivity contribution is 5.64. The lowest BCUT2D eigenvalue weighted by Gasteiger charge is -2.61. The maximum atomic E-state index is 13.6. The summed E-state index contributed by atoms with van der Waals surface area (Å²) in [6.45, 7) is 3.96. The molecule has 23 heavy (non-hydrogen) atoms. The molecule has 4 aliphatic rings. The molecule has 0 radical (unpaired) electrons. The van der Waals surface area contributed by atoms with E-state index in [1.807, 2.05) is 0 Å². The minimum absolute atomic E-state index is 0.0136. The van der Waals surface area contributed by atoms with E-state index >= 15 is 0 Å². The summed E-state index contributed by atoms with van der Waals surface area (Å²) < 4.78 is 0.0136. The fraction of sp³-hybridized carbons (Fsp3) is 0.684. The van der Waals surface area contributed by atoms with Crippen molar-refractivity contribution in [2.24, 2.45) is 17.8 Å². The Morgan fingerprint density at radius 1 is 1.39 bits per heavy atom. The molecule has 3 heterocycles. The molecule has 4 heteroatoms. The van der Waals surface area contributed by atoms with Crippen LogP contribution >= 0.6 is 0 Å². The van der Waals surface area contributed by atoms with Gasteiger partial charge in [0.1, 0.15) is 6.04 Å². The Bertz CT molecular complexity index is 650. The molecule has 124 valence electrons. The Morgan fingerprint density at radius 3 is 3.00 bits per heavy atom. The van der Waals surface area contributed by atoms with Gasteiger partial charge in [0.25, 0.3) is 0 Å². The number of aliphatic hydroxyl groups excluding tert-OH is 1. The maximum absolute atomic E-state index is 13.6. The van der Waals surface area contributed by atoms with Crippen molar-refractivity contribution in [1.29, 1.82) is 0 Å². The van der Waals surface area contributed by atoms with Gasteiger partial charge in [-0.3, -0.25) is 0 Å². The summed E-state index contributed by atoms with van der Waals surface area (Å²) in [6, 6.07) is 8.96. The van der Waals surface area contributed by atoms with Crippen LogP contribution in [0.25, 0.3) is 0 Å². The second kappa shape index (κ2) is 4.50. The Balaban J connectivity index is 1.71. The SMILES string of the molecule is CC[C@@H]1C[N+]2([O-])CCC34c5ccccc5N[C@H]3[C@@H](CO)[C@H]1C[C@@H]42. The van der Waals surface area contributed by atoms with E-state index < -0.39 is 0 Å². The van der Waals surface area contributed by atoms with Crippen LogP contribution in [0.3, 0.4) is 0 Å². The van der Waals surface area contributed by atoms with E-state index in [0.29, 0.717) is 11.8 Å². The minimum atomic E-state index is -0.0546. The third-order valence-corrected chi connectivity index (χ3v) is 7.72. The Morgan fingerprint density at radius 2 is 2.22 bits per heavy atom. The number of quaternary nitrogens is 1. The molecule has 1 aromatic rings. The summed E-state index contributed by atoms with van der Waals surface area (Å²) in [5, 5.41) is 27.6. The van der Waals surface area contributed by atoms with Gasteiger partial charge in [-0.25, -0.2) is 0 Å². The maximum Gasteiger partial charge on any atom is 0.101 e. The number of nitrogens with one attached hydrogen (secondary N) is 1. The molecule has 2 unspecified atom stereocenters. The summed E-state index contributed by atoms with van der Waals surface area (Å²) in [7, 11) is 0. The zero-order chi connectivity index (χ0) is 15.8. The topological polar surface area (TPSA) is 55.3 Å². The van der Waals surface area contributed by atoms with Crippen molar-refractivity contribution in [3.63, 3.8) is 0 Å². The fourth-order valence-corrected chi connectivity index (χ4v) is 6.81. The number of rotatable bonds is 2. The second-order valence-corrected chi connectivity index (χ2v) is 8.25. The molecule has 7 atom stereocenters. The van der Waals surface area contributed by atoms with Gasteiger partial charge in [0.05, 0.1) is 18.5 Å². The average molecular weight is 314 g/mol. The van der Waals surface area contributed by atoms with E-state index in [9.17, 15) is 10.3 Å². The van der Waals surface area contributed by atoms with Gasteiger partial charge < -0.3 is 20.3 Å². The van der Waals surface area contributed by atoms with E-state index in [-0.39, 0.29) is 34.7 Å². The molecule has 1 saturated carbocycles. The van der Waals surface area contributed by atoms with Gasteiger partial charge in [-0.2, -0.15) is 0 Å². The summed E-state index contributed by atoms with van der Waals surface area (Å²) >= 11 is 0. The fourth-order valence-electron chi connectivity index (χ4n) is 6.81. The molecule has 3 aliphatic heterocycles. The van der Waals surface area contributed by atoms with Gasteiger partial charge in [-0.15, -0.1) is 0 Å². The summed E-state index contributed by atoms with van der Waals surface area (Å²) in [6.07, 6.45) is 3.03. The number of aliphatic hydroxyl groups is 1. The van der Waals surface area contributed by atoms with E-state index in [2.05, 4.69) is 36.5 Å². The first-order valence-electron chi connectivity index (χ1n) is 9.18. The van der Waals surface area contributed by atoms with Crippen LogP contribution < -0.4 is 5.32 Å². The smallest absolute Gasteiger partial charge is 0.101 e. The first kappa shape index (κ1) is 14.3. The Kier molecular flexibility index (Phi) is 2.79. The van der Waals surface area contributed by atoms with E-state index in [4.69, 9.17) is 0 Å². The van der Waals surface area contributed by atoms with Crippen molar-refractivity contribution in [1.82, 2.24) is 0 Å². The lowest BCUT2D eigenvalue weighted by molar-refractivity contribution is -0.907. The van der Waals surface area contributed by atoms with Gasteiger partial charge in [0, 0.05) is 43.0 Å². The predicted octanol–water partition coefficient (Wildman–Crippen LogP) is 2.47. The number of hydrogen-bond donors (Lipinski definition) is 2. The third-order valence-electron chi connectivity index (χ3n) is 7.72. The number of benzene rings is 1. The number of nitrogens with zero attached hydrogens (tertiary/aromatic N) is 1. The quantitative estimate of drug-likeness (QED) is 0.651. The van der Waals surface area contributed by atoms with Crippen molar-refractivity contribution in [3.8, 4) is 0 Å². The Labute approximate surface area is 137 Å². The lowest BCUT2D eigenvalue weighted by Crippen LogP contribution is -2.68. The van der Waals surface area contributed by atoms with Crippen LogP contribution in [0.2, 0.25) is 0 Å². The zero-order valence-corrected chi connectivity index (χ0v) is 13.7. The van der Waals surface area contributed by atoms with Crippen molar-refractivity contribution in [3.05, 3.63) is 35.0 Å². The molecular weight excluding hydrogens is 288 g/mol. The number of hydroxylamine groups is 3. The number of fused-ring (bicyclic) bond motifs is 2. The largest absolute Gasteiger partial charge is 0.633 e. The molecule has 0 amide bonds. The normalized spacial score (nSPS) is 49.4. The van der Waals surface area contributed by atoms with Crippen molar-refractivity contribution < 1.29 is 9.75 Å². The van der Waals surface area contributed by atoms with Crippen LogP contribution in [-0.4, -0.2) is 41.5 Å².